The van der Waals surface area contributed by atoms with Crippen LogP contribution in [0.1, 0.15) is 37.8 Å². The molecule has 0 radical (unpaired) electrons. The topological polar surface area (TPSA) is 40.5 Å². The van der Waals surface area contributed by atoms with Crippen LogP contribution in [0.2, 0.25) is 0 Å². The Morgan fingerprint density at radius 1 is 1.00 bits per heavy atom. The molecule has 0 aliphatic rings. The van der Waals surface area contributed by atoms with Gasteiger partial charge in [0.25, 0.3) is 0 Å². The average molecular weight is 222 g/mol. The van der Waals surface area contributed by atoms with Crippen molar-refractivity contribution in [1.82, 2.24) is 0 Å². The van der Waals surface area contributed by atoms with Gasteiger partial charge in [0.05, 0.1) is 12.2 Å². The first-order valence-corrected chi connectivity index (χ1v) is 6.07. The highest BCUT2D eigenvalue weighted by Gasteiger charge is 2.10. The molecule has 2 N–H and O–H groups in total. The molecule has 0 spiro atoms. The van der Waals surface area contributed by atoms with Crippen LogP contribution in [0, 0.1) is 0 Å². The molecule has 0 aliphatic carbocycles. The predicted octanol–water partition coefficient (Wildman–Crippen LogP) is 2.31. The Bertz CT molecular complexity index is 290. The SMILES string of the molecule is CCCc1ccc(CCC(O)C(C)O)cc1. The van der Waals surface area contributed by atoms with Gasteiger partial charge in [0.1, 0.15) is 0 Å². The maximum atomic E-state index is 9.48. The molecule has 2 heteroatoms. The van der Waals surface area contributed by atoms with Crippen LogP contribution >= 0.6 is 0 Å². The lowest BCUT2D eigenvalue weighted by Gasteiger charge is -2.13. The zero-order chi connectivity index (χ0) is 12.0. The number of benzene rings is 1. The van der Waals surface area contributed by atoms with Crippen LogP contribution in [-0.4, -0.2) is 22.4 Å². The predicted molar refractivity (Wildman–Crippen MR) is 66.4 cm³/mol. The van der Waals surface area contributed by atoms with Gasteiger partial charge in [-0.05, 0) is 37.3 Å². The Labute approximate surface area is 97.9 Å². The second kappa shape index (κ2) is 6.66. The molecule has 90 valence electrons. The summed E-state index contributed by atoms with van der Waals surface area (Å²) in [4.78, 5) is 0. The van der Waals surface area contributed by atoms with Gasteiger partial charge < -0.3 is 10.2 Å². The number of hydrogen-bond acceptors (Lipinski definition) is 2. The lowest BCUT2D eigenvalue weighted by molar-refractivity contribution is 0.0265. The Morgan fingerprint density at radius 3 is 1.94 bits per heavy atom. The summed E-state index contributed by atoms with van der Waals surface area (Å²) >= 11 is 0. The highest BCUT2D eigenvalue weighted by molar-refractivity contribution is 5.22. The zero-order valence-corrected chi connectivity index (χ0v) is 10.2. The van der Waals surface area contributed by atoms with Crippen molar-refractivity contribution in [2.24, 2.45) is 0 Å². The second-order valence-corrected chi connectivity index (χ2v) is 4.41. The van der Waals surface area contributed by atoms with Crippen LogP contribution in [0.4, 0.5) is 0 Å². The number of aliphatic hydroxyl groups excluding tert-OH is 2. The van der Waals surface area contributed by atoms with Gasteiger partial charge in [-0.3, -0.25) is 0 Å². The molecule has 0 heterocycles. The molecule has 0 saturated heterocycles. The van der Waals surface area contributed by atoms with Crippen LogP contribution in [0.3, 0.4) is 0 Å². The van der Waals surface area contributed by atoms with Crippen LogP contribution < -0.4 is 0 Å². The molecule has 0 aliphatic heterocycles. The molecule has 1 aromatic rings. The summed E-state index contributed by atoms with van der Waals surface area (Å²) in [6.45, 7) is 3.79. The van der Waals surface area contributed by atoms with Gasteiger partial charge in [-0.2, -0.15) is 0 Å². The van der Waals surface area contributed by atoms with E-state index in [9.17, 15) is 5.11 Å². The zero-order valence-electron chi connectivity index (χ0n) is 10.2. The van der Waals surface area contributed by atoms with Crippen molar-refractivity contribution in [3.8, 4) is 0 Å². The third-order valence-corrected chi connectivity index (χ3v) is 2.85. The Hall–Kier alpha value is -0.860. The van der Waals surface area contributed by atoms with Crippen molar-refractivity contribution in [1.29, 1.82) is 0 Å². The monoisotopic (exact) mass is 222 g/mol. The number of rotatable bonds is 6. The molecule has 2 atom stereocenters. The van der Waals surface area contributed by atoms with Crippen LogP contribution in [-0.2, 0) is 12.8 Å². The van der Waals surface area contributed by atoms with Crippen molar-refractivity contribution in [3.63, 3.8) is 0 Å². The summed E-state index contributed by atoms with van der Waals surface area (Å²) in [7, 11) is 0. The van der Waals surface area contributed by atoms with Gasteiger partial charge in [-0.1, -0.05) is 37.6 Å². The third kappa shape index (κ3) is 4.33. The quantitative estimate of drug-likeness (QED) is 0.775. The van der Waals surface area contributed by atoms with Crippen molar-refractivity contribution in [2.45, 2.75) is 51.7 Å². The van der Waals surface area contributed by atoms with E-state index in [0.29, 0.717) is 6.42 Å². The lowest BCUT2D eigenvalue weighted by atomic mass is 10.0. The largest absolute Gasteiger partial charge is 0.391 e. The van der Waals surface area contributed by atoms with Crippen LogP contribution in [0.15, 0.2) is 24.3 Å². The highest BCUT2D eigenvalue weighted by Crippen LogP contribution is 2.10. The summed E-state index contributed by atoms with van der Waals surface area (Å²) in [6, 6.07) is 8.51. The molecule has 2 unspecified atom stereocenters. The van der Waals surface area contributed by atoms with Crippen LogP contribution in [0.5, 0.6) is 0 Å². The summed E-state index contributed by atoms with van der Waals surface area (Å²) in [5, 5.41) is 18.6. The molecular formula is C14H22O2. The minimum atomic E-state index is -0.639. The first-order chi connectivity index (χ1) is 7.63. The number of aryl methyl sites for hydroxylation is 2. The van der Waals surface area contributed by atoms with Gasteiger partial charge in [0, 0.05) is 0 Å². The summed E-state index contributed by atoms with van der Waals surface area (Å²) in [6.07, 6.45) is 2.47. The molecule has 0 saturated carbocycles. The first kappa shape index (κ1) is 13.2. The van der Waals surface area contributed by atoms with Crippen molar-refractivity contribution in [2.75, 3.05) is 0 Å². The molecule has 0 amide bonds. The summed E-state index contributed by atoms with van der Waals surface area (Å²) in [5.41, 5.74) is 2.59. The molecular weight excluding hydrogens is 200 g/mol. The minimum absolute atomic E-state index is 0.615. The molecule has 2 nitrogen and oxygen atoms in total. The molecule has 1 rings (SSSR count). The number of hydrogen-bond donors (Lipinski definition) is 2. The lowest BCUT2D eigenvalue weighted by Crippen LogP contribution is -2.22. The van der Waals surface area contributed by atoms with Gasteiger partial charge in [-0.25, -0.2) is 0 Å². The fourth-order valence-corrected chi connectivity index (χ4v) is 1.72. The van der Waals surface area contributed by atoms with Crippen LogP contribution in [0.25, 0.3) is 0 Å². The third-order valence-electron chi connectivity index (χ3n) is 2.85. The van der Waals surface area contributed by atoms with E-state index in [1.807, 2.05) is 0 Å². The molecule has 0 aromatic heterocycles. The Kier molecular flexibility index (Phi) is 5.50. The average Bonchev–Trinajstić information content (AvgIpc) is 2.28. The normalized spacial score (nSPS) is 14.8. The van der Waals surface area contributed by atoms with E-state index < -0.39 is 12.2 Å². The Morgan fingerprint density at radius 2 is 1.50 bits per heavy atom. The van der Waals surface area contributed by atoms with Crippen molar-refractivity contribution in [3.05, 3.63) is 35.4 Å². The maximum Gasteiger partial charge on any atom is 0.0799 e. The minimum Gasteiger partial charge on any atom is -0.391 e. The Balaban J connectivity index is 2.43. The fraction of sp³-hybridized carbons (Fsp3) is 0.571. The number of aliphatic hydroxyl groups is 2. The fourth-order valence-electron chi connectivity index (χ4n) is 1.72. The first-order valence-electron chi connectivity index (χ1n) is 6.07. The van der Waals surface area contributed by atoms with Gasteiger partial charge >= 0.3 is 0 Å². The maximum absolute atomic E-state index is 9.48. The van der Waals surface area contributed by atoms with Gasteiger partial charge in [0.2, 0.25) is 0 Å². The highest BCUT2D eigenvalue weighted by atomic mass is 16.3. The summed E-state index contributed by atoms with van der Waals surface area (Å²) < 4.78 is 0. The van der Waals surface area contributed by atoms with E-state index in [-0.39, 0.29) is 0 Å². The molecule has 0 fully saturated rings. The standard InChI is InChI=1S/C14H22O2/c1-3-4-12-5-7-13(8-6-12)9-10-14(16)11(2)15/h5-8,11,14-16H,3-4,9-10H2,1-2H3. The van der Waals surface area contributed by atoms with E-state index >= 15 is 0 Å². The van der Waals surface area contributed by atoms with E-state index in [2.05, 4.69) is 31.2 Å². The van der Waals surface area contributed by atoms with Crippen molar-refractivity contribution >= 4 is 0 Å². The van der Waals surface area contributed by atoms with Crippen molar-refractivity contribution < 1.29 is 10.2 Å². The smallest absolute Gasteiger partial charge is 0.0799 e. The van der Waals surface area contributed by atoms with E-state index in [1.165, 1.54) is 17.5 Å². The molecule has 1 aromatic carbocycles. The van der Waals surface area contributed by atoms with Gasteiger partial charge in [0.15, 0.2) is 0 Å². The van der Waals surface area contributed by atoms with E-state index in [0.717, 1.165) is 12.8 Å². The molecule has 16 heavy (non-hydrogen) atoms. The second-order valence-electron chi connectivity index (χ2n) is 4.41. The summed E-state index contributed by atoms with van der Waals surface area (Å²) in [5.74, 6) is 0. The van der Waals surface area contributed by atoms with E-state index in [1.54, 1.807) is 6.92 Å². The molecule has 0 bridgehead atoms. The van der Waals surface area contributed by atoms with E-state index in [4.69, 9.17) is 5.11 Å². The van der Waals surface area contributed by atoms with Gasteiger partial charge in [-0.15, -0.1) is 0 Å².